The Balaban J connectivity index is 1.46. The van der Waals surface area contributed by atoms with Gasteiger partial charge in [-0.1, -0.05) is 0 Å². The third-order valence-corrected chi connectivity index (χ3v) is 5.23. The number of carbonyl (C=O) groups excluding carboxylic acids is 1. The number of H-pyrrole nitrogens is 1. The number of carboxylic acids is 1. The number of ether oxygens (including phenoxy) is 1. The van der Waals surface area contributed by atoms with Crippen LogP contribution in [0.4, 0.5) is 0 Å². The number of methoxy groups -OCH3 is 1. The molecule has 3 heterocycles. The number of hydrogen-bond donors (Lipinski definition) is 2. The minimum atomic E-state index is -1.16. The maximum Gasteiger partial charge on any atom is 0.356 e. The first-order chi connectivity index (χ1) is 13.6. The lowest BCUT2D eigenvalue weighted by atomic mass is 9.89. The fourth-order valence-corrected chi connectivity index (χ4v) is 3.69. The van der Waals surface area contributed by atoms with Crippen molar-refractivity contribution in [1.29, 1.82) is 0 Å². The normalized spacial score (nSPS) is 15.0. The number of piperidine rings is 1. The molecule has 28 heavy (non-hydrogen) atoms. The first-order valence-corrected chi connectivity index (χ1v) is 9.06. The molecule has 0 unspecified atom stereocenters. The third-order valence-electron chi connectivity index (χ3n) is 5.23. The van der Waals surface area contributed by atoms with E-state index in [0.717, 1.165) is 35.7 Å². The van der Waals surface area contributed by atoms with Crippen LogP contribution in [0.5, 0.6) is 5.75 Å². The maximum atomic E-state index is 12.6. The zero-order valence-electron chi connectivity index (χ0n) is 15.4. The highest BCUT2D eigenvalue weighted by Crippen LogP contribution is 2.34. The summed E-state index contributed by atoms with van der Waals surface area (Å²) in [6.07, 6.45) is 6.07. The van der Waals surface area contributed by atoms with Gasteiger partial charge in [0.15, 0.2) is 5.69 Å². The molecular formula is C20H20N4O4. The largest absolute Gasteiger partial charge is 0.497 e. The van der Waals surface area contributed by atoms with Crippen molar-refractivity contribution in [2.75, 3.05) is 20.2 Å². The molecule has 8 nitrogen and oxygen atoms in total. The Morgan fingerprint density at radius 3 is 2.54 bits per heavy atom. The van der Waals surface area contributed by atoms with Crippen LogP contribution in [-0.2, 0) is 0 Å². The summed E-state index contributed by atoms with van der Waals surface area (Å²) < 4.78 is 5.34. The van der Waals surface area contributed by atoms with Crippen LogP contribution in [0.15, 0.2) is 36.8 Å². The van der Waals surface area contributed by atoms with Crippen LogP contribution in [-0.4, -0.2) is 57.0 Å². The summed E-state index contributed by atoms with van der Waals surface area (Å²) in [6, 6.07) is 5.98. The molecule has 0 radical (unpaired) electrons. The average molecular weight is 380 g/mol. The van der Waals surface area contributed by atoms with Gasteiger partial charge in [0.25, 0.3) is 5.91 Å². The van der Waals surface area contributed by atoms with Crippen LogP contribution in [0, 0.1) is 0 Å². The predicted molar refractivity (Wildman–Crippen MR) is 102 cm³/mol. The molecule has 0 aliphatic carbocycles. The number of aromatic amines is 1. The molecule has 0 atom stereocenters. The number of carboxylic acid groups (broad SMARTS) is 1. The summed E-state index contributed by atoms with van der Waals surface area (Å²) in [5, 5.41) is 10.0. The van der Waals surface area contributed by atoms with Crippen LogP contribution in [0.25, 0.3) is 10.9 Å². The van der Waals surface area contributed by atoms with Crippen molar-refractivity contribution in [2.24, 2.45) is 0 Å². The smallest absolute Gasteiger partial charge is 0.356 e. The zero-order valence-corrected chi connectivity index (χ0v) is 15.4. The quantitative estimate of drug-likeness (QED) is 0.720. The Morgan fingerprint density at radius 1 is 1.18 bits per heavy atom. The Kier molecular flexibility index (Phi) is 4.68. The van der Waals surface area contributed by atoms with E-state index in [2.05, 4.69) is 15.0 Å². The second-order valence-corrected chi connectivity index (χ2v) is 6.81. The third kappa shape index (κ3) is 3.28. The number of nitrogens with one attached hydrogen (secondary N) is 1. The first kappa shape index (κ1) is 18.0. The summed E-state index contributed by atoms with van der Waals surface area (Å²) in [4.78, 5) is 36.3. The molecule has 1 fully saturated rings. The Morgan fingerprint density at radius 2 is 1.89 bits per heavy atom. The molecule has 3 aromatic rings. The fraction of sp³-hybridized carbons (Fsp3) is 0.300. The molecule has 1 aliphatic rings. The van der Waals surface area contributed by atoms with Gasteiger partial charge in [-0.25, -0.2) is 14.8 Å². The van der Waals surface area contributed by atoms with E-state index in [1.54, 1.807) is 12.0 Å². The number of benzene rings is 1. The fourth-order valence-electron chi connectivity index (χ4n) is 3.69. The van der Waals surface area contributed by atoms with Gasteiger partial charge >= 0.3 is 5.97 Å². The molecule has 0 saturated carbocycles. The standard InChI is InChI=1S/C20H20N4O4/c1-28-13-2-3-16-14(8-13)15(9-21-16)12-4-6-24(7-5-12)19(25)17-10-23-18(11-22-17)20(26)27/h2-3,8-12,21H,4-7H2,1H3,(H,26,27). The number of amides is 1. The number of aromatic carboxylic acids is 1. The lowest BCUT2D eigenvalue weighted by Crippen LogP contribution is -2.38. The molecule has 144 valence electrons. The minimum absolute atomic E-state index is 0.167. The van der Waals surface area contributed by atoms with Crippen molar-refractivity contribution in [3.63, 3.8) is 0 Å². The first-order valence-electron chi connectivity index (χ1n) is 9.06. The predicted octanol–water partition coefficient (Wildman–Crippen LogP) is 2.68. The second-order valence-electron chi connectivity index (χ2n) is 6.81. The van der Waals surface area contributed by atoms with E-state index in [4.69, 9.17) is 9.84 Å². The molecule has 1 saturated heterocycles. The van der Waals surface area contributed by atoms with Gasteiger partial charge in [-0.3, -0.25) is 4.79 Å². The maximum absolute atomic E-state index is 12.6. The molecule has 1 amide bonds. The Bertz CT molecular complexity index is 1020. The molecule has 8 heteroatoms. The lowest BCUT2D eigenvalue weighted by Gasteiger charge is -2.31. The highest BCUT2D eigenvalue weighted by molar-refractivity contribution is 5.93. The number of rotatable bonds is 4. The van der Waals surface area contributed by atoms with Crippen LogP contribution >= 0.6 is 0 Å². The van der Waals surface area contributed by atoms with Gasteiger partial charge in [0.05, 0.1) is 19.5 Å². The van der Waals surface area contributed by atoms with E-state index < -0.39 is 5.97 Å². The molecule has 4 rings (SSSR count). The number of carbonyl (C=O) groups is 2. The molecule has 1 aromatic carbocycles. The van der Waals surface area contributed by atoms with Crippen molar-refractivity contribution in [3.8, 4) is 5.75 Å². The molecule has 1 aliphatic heterocycles. The van der Waals surface area contributed by atoms with Crippen molar-refractivity contribution in [2.45, 2.75) is 18.8 Å². The van der Waals surface area contributed by atoms with Gasteiger partial charge in [-0.2, -0.15) is 0 Å². The molecule has 2 N–H and O–H groups in total. The summed E-state index contributed by atoms with van der Waals surface area (Å²) in [7, 11) is 1.66. The van der Waals surface area contributed by atoms with Crippen LogP contribution in [0.2, 0.25) is 0 Å². The van der Waals surface area contributed by atoms with Gasteiger partial charge < -0.3 is 19.7 Å². The minimum Gasteiger partial charge on any atom is -0.497 e. The molecule has 0 spiro atoms. The number of fused-ring (bicyclic) bond motifs is 1. The van der Waals surface area contributed by atoms with Gasteiger partial charge in [0.1, 0.15) is 11.4 Å². The summed E-state index contributed by atoms with van der Waals surface area (Å²) in [5.41, 5.74) is 2.31. The average Bonchev–Trinajstić information content (AvgIpc) is 3.16. The number of likely N-dealkylation sites (tertiary alicyclic amines) is 1. The summed E-state index contributed by atoms with van der Waals surface area (Å²) in [6.45, 7) is 1.23. The summed E-state index contributed by atoms with van der Waals surface area (Å²) in [5.74, 6) is -0.208. The topological polar surface area (TPSA) is 108 Å². The SMILES string of the molecule is COc1ccc2[nH]cc(C3CCN(C(=O)c4cnc(C(=O)O)cn4)CC3)c2c1. The monoisotopic (exact) mass is 380 g/mol. The van der Waals surface area contributed by atoms with Crippen molar-refractivity contribution < 1.29 is 19.4 Å². The van der Waals surface area contributed by atoms with E-state index in [9.17, 15) is 9.59 Å². The van der Waals surface area contributed by atoms with Crippen molar-refractivity contribution in [3.05, 3.63) is 53.7 Å². The van der Waals surface area contributed by atoms with Crippen molar-refractivity contribution >= 4 is 22.8 Å². The van der Waals surface area contributed by atoms with Crippen LogP contribution < -0.4 is 4.74 Å². The number of aromatic nitrogens is 3. The van der Waals surface area contributed by atoms with E-state index >= 15 is 0 Å². The summed E-state index contributed by atoms with van der Waals surface area (Å²) >= 11 is 0. The van der Waals surface area contributed by atoms with Gasteiger partial charge in [-0.05, 0) is 42.5 Å². The molecule has 0 bridgehead atoms. The second kappa shape index (κ2) is 7.30. The van der Waals surface area contributed by atoms with E-state index in [-0.39, 0.29) is 17.3 Å². The van der Waals surface area contributed by atoms with E-state index in [0.29, 0.717) is 19.0 Å². The van der Waals surface area contributed by atoms with E-state index in [1.165, 1.54) is 11.8 Å². The Labute approximate surface area is 161 Å². The van der Waals surface area contributed by atoms with Gasteiger partial charge in [0, 0.05) is 30.2 Å². The molecule has 2 aromatic heterocycles. The van der Waals surface area contributed by atoms with Crippen LogP contribution in [0.3, 0.4) is 0 Å². The number of hydrogen-bond acceptors (Lipinski definition) is 5. The number of nitrogens with zero attached hydrogens (tertiary/aromatic N) is 3. The van der Waals surface area contributed by atoms with Gasteiger partial charge in [0.2, 0.25) is 0 Å². The molecular weight excluding hydrogens is 360 g/mol. The van der Waals surface area contributed by atoms with E-state index in [1.807, 2.05) is 24.4 Å². The van der Waals surface area contributed by atoms with Gasteiger partial charge in [-0.15, -0.1) is 0 Å². The Hall–Kier alpha value is -3.42. The van der Waals surface area contributed by atoms with Crippen LogP contribution in [0.1, 0.15) is 45.3 Å². The van der Waals surface area contributed by atoms with Crippen molar-refractivity contribution in [1.82, 2.24) is 19.9 Å². The zero-order chi connectivity index (χ0) is 19.7. The lowest BCUT2D eigenvalue weighted by molar-refractivity contribution is 0.0679. The highest BCUT2D eigenvalue weighted by Gasteiger charge is 2.27. The highest BCUT2D eigenvalue weighted by atomic mass is 16.5.